The molecule has 2 N–H and O–H groups in total. The van der Waals surface area contributed by atoms with Gasteiger partial charge in [0.2, 0.25) is 5.95 Å². The lowest BCUT2D eigenvalue weighted by Gasteiger charge is -2.08. The van der Waals surface area contributed by atoms with Gasteiger partial charge in [-0.15, -0.1) is 0 Å². The Kier molecular flexibility index (Phi) is 5.20. The zero-order valence-corrected chi connectivity index (χ0v) is 12.2. The van der Waals surface area contributed by atoms with Crippen molar-refractivity contribution in [3.05, 3.63) is 48.0 Å². The summed E-state index contributed by atoms with van der Waals surface area (Å²) in [7, 11) is 0. The number of pyridine rings is 1. The summed E-state index contributed by atoms with van der Waals surface area (Å²) < 4.78 is 0. The van der Waals surface area contributed by atoms with Crippen LogP contribution in [-0.2, 0) is 6.54 Å². The molecule has 0 saturated carbocycles. The lowest BCUT2D eigenvalue weighted by molar-refractivity contribution is 0.0946. The molecule has 0 aromatic carbocycles. The summed E-state index contributed by atoms with van der Waals surface area (Å²) in [4.78, 5) is 24.3. The maximum Gasteiger partial charge on any atom is 0.270 e. The van der Waals surface area contributed by atoms with Crippen molar-refractivity contribution in [2.75, 3.05) is 11.9 Å². The van der Waals surface area contributed by atoms with Crippen molar-refractivity contribution in [2.45, 2.75) is 20.4 Å². The highest BCUT2D eigenvalue weighted by Gasteiger charge is 2.08. The highest BCUT2D eigenvalue weighted by molar-refractivity contribution is 5.92. The number of hydrogen-bond acceptors (Lipinski definition) is 5. The molecular weight excluding hydrogens is 266 g/mol. The third kappa shape index (κ3) is 4.83. The lowest BCUT2D eigenvalue weighted by atomic mass is 10.2. The van der Waals surface area contributed by atoms with E-state index in [1.54, 1.807) is 24.7 Å². The number of hydrogen-bond donors (Lipinski definition) is 2. The van der Waals surface area contributed by atoms with Gasteiger partial charge in [-0.2, -0.15) is 0 Å². The van der Waals surface area contributed by atoms with Crippen LogP contribution in [0.4, 0.5) is 5.95 Å². The monoisotopic (exact) mass is 285 g/mol. The maximum absolute atomic E-state index is 12.1. The number of anilines is 1. The molecule has 1 amide bonds. The fraction of sp³-hybridized carbons (Fsp3) is 0.333. The lowest BCUT2D eigenvalue weighted by Crippen LogP contribution is -2.24. The van der Waals surface area contributed by atoms with Crippen LogP contribution in [0.5, 0.6) is 0 Å². The Morgan fingerprint density at radius 2 is 1.95 bits per heavy atom. The smallest absolute Gasteiger partial charge is 0.270 e. The van der Waals surface area contributed by atoms with Gasteiger partial charge in [-0.25, -0.2) is 9.97 Å². The first-order chi connectivity index (χ1) is 10.1. The fourth-order valence-electron chi connectivity index (χ4n) is 1.64. The van der Waals surface area contributed by atoms with Gasteiger partial charge in [0.1, 0.15) is 5.69 Å². The Morgan fingerprint density at radius 1 is 1.19 bits per heavy atom. The van der Waals surface area contributed by atoms with Gasteiger partial charge in [0.15, 0.2) is 0 Å². The molecule has 0 aliphatic carbocycles. The fourth-order valence-corrected chi connectivity index (χ4v) is 1.64. The number of rotatable bonds is 6. The van der Waals surface area contributed by atoms with Gasteiger partial charge in [-0.05, 0) is 29.7 Å². The van der Waals surface area contributed by atoms with Gasteiger partial charge in [0, 0.05) is 31.7 Å². The largest absolute Gasteiger partial charge is 0.354 e. The summed E-state index contributed by atoms with van der Waals surface area (Å²) in [5, 5.41) is 5.93. The second kappa shape index (κ2) is 7.33. The Balaban J connectivity index is 1.94. The number of aromatic nitrogens is 3. The van der Waals surface area contributed by atoms with E-state index >= 15 is 0 Å². The van der Waals surface area contributed by atoms with Crippen molar-refractivity contribution in [3.63, 3.8) is 0 Å². The van der Waals surface area contributed by atoms with Crippen LogP contribution in [0.15, 0.2) is 36.8 Å². The van der Waals surface area contributed by atoms with Crippen LogP contribution in [0, 0.1) is 5.92 Å². The van der Waals surface area contributed by atoms with E-state index in [1.165, 1.54) is 0 Å². The average molecular weight is 285 g/mol. The molecule has 2 aromatic rings. The average Bonchev–Trinajstić information content (AvgIpc) is 2.52. The Labute approximate surface area is 124 Å². The van der Waals surface area contributed by atoms with E-state index in [0.717, 1.165) is 12.1 Å². The molecule has 0 fully saturated rings. The summed E-state index contributed by atoms with van der Waals surface area (Å²) in [6, 6.07) is 5.31. The van der Waals surface area contributed by atoms with Crippen LogP contribution in [0.25, 0.3) is 0 Å². The van der Waals surface area contributed by atoms with Crippen LogP contribution in [0.2, 0.25) is 0 Å². The number of amides is 1. The van der Waals surface area contributed by atoms with Gasteiger partial charge in [-0.3, -0.25) is 9.78 Å². The van der Waals surface area contributed by atoms with Gasteiger partial charge in [0.25, 0.3) is 5.91 Å². The number of nitrogens with one attached hydrogen (secondary N) is 2. The standard InChI is InChI=1S/C15H19N5O/c1-11(2)9-19-15-17-8-5-13(20-15)14(21)18-10-12-3-6-16-7-4-12/h3-8,11H,9-10H2,1-2H3,(H,18,21)(H,17,19,20). The van der Waals surface area contributed by atoms with Crippen molar-refractivity contribution >= 4 is 11.9 Å². The van der Waals surface area contributed by atoms with Crippen LogP contribution in [0.3, 0.4) is 0 Å². The van der Waals surface area contributed by atoms with Crippen LogP contribution >= 0.6 is 0 Å². The second-order valence-corrected chi connectivity index (χ2v) is 5.08. The molecule has 0 saturated heterocycles. The highest BCUT2D eigenvalue weighted by Crippen LogP contribution is 2.03. The first-order valence-electron chi connectivity index (χ1n) is 6.89. The molecule has 2 heterocycles. The summed E-state index contributed by atoms with van der Waals surface area (Å²) in [5.41, 5.74) is 1.34. The van der Waals surface area contributed by atoms with E-state index in [4.69, 9.17) is 0 Å². The third-order valence-electron chi connectivity index (χ3n) is 2.76. The molecule has 0 spiro atoms. The van der Waals surface area contributed by atoms with E-state index in [9.17, 15) is 4.79 Å². The molecule has 6 heteroatoms. The van der Waals surface area contributed by atoms with Gasteiger partial charge >= 0.3 is 0 Å². The molecule has 21 heavy (non-hydrogen) atoms. The summed E-state index contributed by atoms with van der Waals surface area (Å²) in [5.74, 6) is 0.736. The van der Waals surface area contributed by atoms with Crippen molar-refractivity contribution in [2.24, 2.45) is 5.92 Å². The van der Waals surface area contributed by atoms with E-state index in [2.05, 4.69) is 39.4 Å². The van der Waals surface area contributed by atoms with Crippen molar-refractivity contribution in [3.8, 4) is 0 Å². The summed E-state index contributed by atoms with van der Waals surface area (Å²) in [6.45, 7) is 5.40. The third-order valence-corrected chi connectivity index (χ3v) is 2.76. The Morgan fingerprint density at radius 3 is 2.67 bits per heavy atom. The van der Waals surface area contributed by atoms with Crippen molar-refractivity contribution in [1.82, 2.24) is 20.3 Å². The minimum atomic E-state index is -0.221. The maximum atomic E-state index is 12.1. The summed E-state index contributed by atoms with van der Waals surface area (Å²) in [6.07, 6.45) is 4.97. The number of carbonyl (C=O) groups is 1. The number of nitrogens with zero attached hydrogens (tertiary/aromatic N) is 3. The van der Waals surface area contributed by atoms with Crippen LogP contribution < -0.4 is 10.6 Å². The Hall–Kier alpha value is -2.50. The second-order valence-electron chi connectivity index (χ2n) is 5.08. The zero-order valence-electron chi connectivity index (χ0n) is 12.2. The van der Waals surface area contributed by atoms with Gasteiger partial charge in [0.05, 0.1) is 0 Å². The first-order valence-corrected chi connectivity index (χ1v) is 6.89. The molecular formula is C15H19N5O. The Bertz CT molecular complexity index is 586. The van der Waals surface area contributed by atoms with E-state index in [-0.39, 0.29) is 5.91 Å². The van der Waals surface area contributed by atoms with Gasteiger partial charge < -0.3 is 10.6 Å². The quantitative estimate of drug-likeness (QED) is 0.847. The topological polar surface area (TPSA) is 79.8 Å². The molecule has 6 nitrogen and oxygen atoms in total. The molecule has 0 bridgehead atoms. The molecule has 0 unspecified atom stereocenters. The molecule has 0 aliphatic rings. The molecule has 110 valence electrons. The molecule has 0 atom stereocenters. The zero-order chi connectivity index (χ0) is 15.1. The minimum absolute atomic E-state index is 0.221. The molecule has 2 aromatic heterocycles. The highest BCUT2D eigenvalue weighted by atomic mass is 16.1. The normalized spacial score (nSPS) is 10.4. The minimum Gasteiger partial charge on any atom is -0.354 e. The van der Waals surface area contributed by atoms with Crippen molar-refractivity contribution in [1.29, 1.82) is 0 Å². The van der Waals surface area contributed by atoms with Crippen LogP contribution in [0.1, 0.15) is 29.9 Å². The molecule has 2 rings (SSSR count). The van der Waals surface area contributed by atoms with Gasteiger partial charge in [-0.1, -0.05) is 13.8 Å². The molecule has 0 radical (unpaired) electrons. The first kappa shape index (κ1) is 14.9. The summed E-state index contributed by atoms with van der Waals surface area (Å²) >= 11 is 0. The predicted octanol–water partition coefficient (Wildman–Crippen LogP) is 1.87. The number of carbonyl (C=O) groups excluding carboxylic acids is 1. The van der Waals surface area contributed by atoms with E-state index in [1.807, 2.05) is 12.1 Å². The predicted molar refractivity (Wildman–Crippen MR) is 80.8 cm³/mol. The van der Waals surface area contributed by atoms with Crippen LogP contribution in [-0.4, -0.2) is 27.4 Å². The molecule has 0 aliphatic heterocycles. The van der Waals surface area contributed by atoms with Crippen molar-refractivity contribution < 1.29 is 4.79 Å². The van der Waals surface area contributed by atoms with E-state index in [0.29, 0.717) is 24.1 Å². The SMILES string of the molecule is CC(C)CNc1nccc(C(=O)NCc2ccncc2)n1. The van der Waals surface area contributed by atoms with E-state index < -0.39 is 0 Å².